The molecule has 8 nitrogen and oxygen atoms in total. The highest BCUT2D eigenvalue weighted by molar-refractivity contribution is 6.30. The molecule has 2 heterocycles. The molecule has 2 amide bonds. The number of anilines is 1. The fourth-order valence-corrected chi connectivity index (χ4v) is 3.94. The minimum Gasteiger partial charge on any atom is -0.497 e. The van der Waals surface area contributed by atoms with Crippen molar-refractivity contribution in [2.45, 2.75) is 19.4 Å². The van der Waals surface area contributed by atoms with E-state index in [9.17, 15) is 9.59 Å². The van der Waals surface area contributed by atoms with Gasteiger partial charge in [-0.3, -0.25) is 19.3 Å². The fourth-order valence-electron chi connectivity index (χ4n) is 3.81. The van der Waals surface area contributed by atoms with Gasteiger partial charge in [0.05, 0.1) is 19.3 Å². The van der Waals surface area contributed by atoms with Crippen molar-refractivity contribution in [3.05, 3.63) is 94.8 Å². The van der Waals surface area contributed by atoms with E-state index in [4.69, 9.17) is 16.3 Å². The number of benzene rings is 2. The summed E-state index contributed by atoms with van der Waals surface area (Å²) in [7, 11) is 3.16. The number of aryl methyl sites for hydroxylation is 1. The third-order valence-electron chi connectivity index (χ3n) is 5.66. The number of nitrogens with zero attached hydrogens (tertiary/aromatic N) is 3. The molecule has 0 saturated heterocycles. The summed E-state index contributed by atoms with van der Waals surface area (Å²) in [6, 6.07) is 18.6. The van der Waals surface area contributed by atoms with E-state index in [1.165, 1.54) is 0 Å². The first-order valence-corrected chi connectivity index (χ1v) is 11.8. The summed E-state index contributed by atoms with van der Waals surface area (Å²) in [5.41, 5.74) is 3.57. The Bertz CT molecular complexity index is 1340. The fraction of sp³-hybridized carbons (Fsp3) is 0.185. The number of nitrogens with one attached hydrogen (secondary N) is 2. The summed E-state index contributed by atoms with van der Waals surface area (Å²) in [6.45, 7) is 0.381. The summed E-state index contributed by atoms with van der Waals surface area (Å²) in [5, 5.41) is 10.8. The van der Waals surface area contributed by atoms with E-state index in [1.54, 1.807) is 55.5 Å². The highest BCUT2D eigenvalue weighted by Gasteiger charge is 2.26. The normalized spacial score (nSPS) is 10.6. The van der Waals surface area contributed by atoms with Crippen molar-refractivity contribution in [3.8, 4) is 17.0 Å². The summed E-state index contributed by atoms with van der Waals surface area (Å²) in [5.74, 6) is 0.352. The van der Waals surface area contributed by atoms with Gasteiger partial charge in [0, 0.05) is 36.4 Å². The standard InChI is InChI=1S/C27H26ClN5O3/c1-29-27(35)24-25(20-13-15-30-16-14-20)33(17-19-5-10-22(36-2)11-6-19)32-26(24)31-23(34)12-7-18-3-8-21(28)9-4-18/h3-6,8-11,13-16H,7,12,17H2,1-2H3,(H,29,35)(H,31,32,34). The van der Waals surface area contributed by atoms with Crippen LogP contribution in [-0.4, -0.2) is 40.7 Å². The smallest absolute Gasteiger partial charge is 0.257 e. The number of rotatable bonds is 9. The van der Waals surface area contributed by atoms with Crippen molar-refractivity contribution in [3.63, 3.8) is 0 Å². The third kappa shape index (κ3) is 5.90. The van der Waals surface area contributed by atoms with E-state index in [0.29, 0.717) is 23.7 Å². The molecule has 2 aromatic heterocycles. The average Bonchev–Trinajstić information content (AvgIpc) is 3.26. The van der Waals surface area contributed by atoms with E-state index in [1.807, 2.05) is 36.4 Å². The quantitative estimate of drug-likeness (QED) is 0.348. The lowest BCUT2D eigenvalue weighted by molar-refractivity contribution is -0.116. The van der Waals surface area contributed by atoms with Gasteiger partial charge in [0.15, 0.2) is 5.82 Å². The number of ether oxygens (including phenoxy) is 1. The molecule has 2 N–H and O–H groups in total. The van der Waals surface area contributed by atoms with Gasteiger partial charge in [0.2, 0.25) is 5.91 Å². The molecule has 0 aliphatic carbocycles. The van der Waals surface area contributed by atoms with Gasteiger partial charge in [-0.1, -0.05) is 35.9 Å². The van der Waals surface area contributed by atoms with Crippen LogP contribution in [0.3, 0.4) is 0 Å². The van der Waals surface area contributed by atoms with E-state index in [0.717, 1.165) is 22.4 Å². The summed E-state index contributed by atoms with van der Waals surface area (Å²) < 4.78 is 6.97. The lowest BCUT2D eigenvalue weighted by Gasteiger charge is -2.10. The zero-order valence-corrected chi connectivity index (χ0v) is 20.7. The van der Waals surface area contributed by atoms with Gasteiger partial charge < -0.3 is 15.4 Å². The average molecular weight is 504 g/mol. The molecule has 0 unspecified atom stereocenters. The maximum atomic E-state index is 13.0. The van der Waals surface area contributed by atoms with Crippen LogP contribution in [0, 0.1) is 0 Å². The molecule has 2 aromatic carbocycles. The molecule has 0 fully saturated rings. The number of hydrogen-bond donors (Lipinski definition) is 2. The van der Waals surface area contributed by atoms with E-state index in [-0.39, 0.29) is 29.6 Å². The molecule has 0 aliphatic rings. The lowest BCUT2D eigenvalue weighted by Crippen LogP contribution is -2.21. The SMILES string of the molecule is CNC(=O)c1c(NC(=O)CCc2ccc(Cl)cc2)nn(Cc2ccc(OC)cc2)c1-c1ccncc1. The number of methoxy groups -OCH3 is 1. The van der Waals surface area contributed by atoms with Crippen molar-refractivity contribution in [1.29, 1.82) is 0 Å². The monoisotopic (exact) mass is 503 g/mol. The Kier molecular flexibility index (Phi) is 7.97. The first-order valence-electron chi connectivity index (χ1n) is 11.4. The van der Waals surface area contributed by atoms with Crippen LogP contribution in [0.5, 0.6) is 5.75 Å². The Hall–Kier alpha value is -4.17. The summed E-state index contributed by atoms with van der Waals surface area (Å²) >= 11 is 5.95. The van der Waals surface area contributed by atoms with Crippen molar-refractivity contribution in [2.75, 3.05) is 19.5 Å². The summed E-state index contributed by atoms with van der Waals surface area (Å²) in [6.07, 6.45) is 4.06. The molecule has 0 spiro atoms. The Labute approximate surface area is 214 Å². The number of hydrogen-bond acceptors (Lipinski definition) is 5. The maximum absolute atomic E-state index is 13.0. The molecule has 0 saturated carbocycles. The molecule has 184 valence electrons. The van der Waals surface area contributed by atoms with Crippen LogP contribution in [-0.2, 0) is 17.8 Å². The van der Waals surface area contributed by atoms with Gasteiger partial charge in [-0.2, -0.15) is 5.10 Å². The maximum Gasteiger partial charge on any atom is 0.257 e. The third-order valence-corrected chi connectivity index (χ3v) is 5.92. The highest BCUT2D eigenvalue weighted by Crippen LogP contribution is 2.30. The number of carbonyl (C=O) groups excluding carboxylic acids is 2. The second-order valence-electron chi connectivity index (χ2n) is 8.07. The van der Waals surface area contributed by atoms with E-state index >= 15 is 0 Å². The van der Waals surface area contributed by atoms with Gasteiger partial charge >= 0.3 is 0 Å². The van der Waals surface area contributed by atoms with Gasteiger partial charge in [-0.15, -0.1) is 0 Å². The molecular weight excluding hydrogens is 478 g/mol. The summed E-state index contributed by atoms with van der Waals surface area (Å²) in [4.78, 5) is 30.0. The van der Waals surface area contributed by atoms with Gasteiger partial charge in [-0.05, 0) is 53.9 Å². The van der Waals surface area contributed by atoms with Crippen molar-refractivity contribution in [2.24, 2.45) is 0 Å². The molecule has 4 rings (SSSR count). The predicted molar refractivity (Wildman–Crippen MR) is 139 cm³/mol. The van der Waals surface area contributed by atoms with Crippen molar-refractivity contribution < 1.29 is 14.3 Å². The molecule has 9 heteroatoms. The molecule has 0 bridgehead atoms. The van der Waals surface area contributed by atoms with E-state index in [2.05, 4.69) is 20.7 Å². The largest absolute Gasteiger partial charge is 0.497 e. The zero-order chi connectivity index (χ0) is 25.5. The zero-order valence-electron chi connectivity index (χ0n) is 20.0. The molecule has 36 heavy (non-hydrogen) atoms. The molecular formula is C27H26ClN5O3. The van der Waals surface area contributed by atoms with Gasteiger partial charge in [0.25, 0.3) is 5.91 Å². The number of amides is 2. The molecule has 4 aromatic rings. The Morgan fingerprint density at radius 3 is 2.28 bits per heavy atom. The Morgan fingerprint density at radius 2 is 1.64 bits per heavy atom. The first-order chi connectivity index (χ1) is 17.5. The molecule has 0 atom stereocenters. The minimum atomic E-state index is -0.351. The van der Waals surface area contributed by atoms with Gasteiger partial charge in [-0.25, -0.2) is 0 Å². The lowest BCUT2D eigenvalue weighted by atomic mass is 10.1. The molecule has 0 aliphatic heterocycles. The second-order valence-corrected chi connectivity index (χ2v) is 8.50. The van der Waals surface area contributed by atoms with Crippen LogP contribution in [0.2, 0.25) is 5.02 Å². The number of carbonyl (C=O) groups is 2. The van der Waals surface area contributed by atoms with Crippen LogP contribution < -0.4 is 15.4 Å². The predicted octanol–water partition coefficient (Wildman–Crippen LogP) is 4.59. The highest BCUT2D eigenvalue weighted by atomic mass is 35.5. The van der Waals surface area contributed by atoms with Gasteiger partial charge in [0.1, 0.15) is 11.3 Å². The minimum absolute atomic E-state index is 0.204. The molecule has 0 radical (unpaired) electrons. The second kappa shape index (κ2) is 11.5. The van der Waals surface area contributed by atoms with Crippen LogP contribution in [0.15, 0.2) is 73.1 Å². The van der Waals surface area contributed by atoms with E-state index < -0.39 is 0 Å². The Morgan fingerprint density at radius 1 is 0.972 bits per heavy atom. The topological polar surface area (TPSA) is 98.1 Å². The van der Waals surface area contributed by atoms with Crippen molar-refractivity contribution >= 4 is 29.2 Å². The first kappa shape index (κ1) is 24.9. The van der Waals surface area contributed by atoms with Crippen LogP contribution in [0.1, 0.15) is 27.9 Å². The van der Waals surface area contributed by atoms with Crippen LogP contribution in [0.25, 0.3) is 11.3 Å². The van der Waals surface area contributed by atoms with Crippen LogP contribution >= 0.6 is 11.6 Å². The van der Waals surface area contributed by atoms with Crippen molar-refractivity contribution in [1.82, 2.24) is 20.1 Å². The Balaban J connectivity index is 1.67. The number of halogens is 1. The number of pyridine rings is 1. The number of aromatic nitrogens is 3. The van der Waals surface area contributed by atoms with Crippen LogP contribution in [0.4, 0.5) is 5.82 Å².